The Balaban J connectivity index is 1.68. The molecule has 2 aromatic heterocycles. The number of hydrogen-bond acceptors (Lipinski definition) is 6. The van der Waals surface area contributed by atoms with Crippen LogP contribution in [0.2, 0.25) is 0 Å². The Morgan fingerprint density at radius 3 is 2.78 bits per heavy atom. The van der Waals surface area contributed by atoms with Crippen molar-refractivity contribution in [1.29, 1.82) is 0 Å². The van der Waals surface area contributed by atoms with Crippen LogP contribution in [-0.4, -0.2) is 32.5 Å². The van der Waals surface area contributed by atoms with E-state index in [-0.39, 0.29) is 12.4 Å². The number of nitrogens with zero attached hydrogens (tertiary/aromatic N) is 3. The molecule has 0 spiro atoms. The van der Waals surface area contributed by atoms with Crippen molar-refractivity contribution in [3.63, 3.8) is 0 Å². The number of ketones is 1. The van der Waals surface area contributed by atoms with Crippen LogP contribution in [0.5, 0.6) is 0 Å². The highest BCUT2D eigenvalue weighted by Gasteiger charge is 2.28. The summed E-state index contributed by atoms with van der Waals surface area (Å²) in [5.74, 6) is -0.699. The van der Waals surface area contributed by atoms with Crippen molar-refractivity contribution in [1.82, 2.24) is 14.2 Å². The molecular weight excluding hydrogens is 314 g/mol. The summed E-state index contributed by atoms with van der Waals surface area (Å²) in [6.45, 7) is 5.59. The van der Waals surface area contributed by atoms with Gasteiger partial charge in [-0.3, -0.25) is 4.79 Å². The molecule has 0 aliphatic heterocycles. The molecule has 0 radical (unpaired) electrons. The minimum Gasteiger partial charge on any atom is -0.453 e. The molecule has 1 aliphatic rings. The standard InChI is InChI=1S/C16H19N3O3S/c1-4-13-15(23-18-17-13)16(21)22-8-14(20)12-7-9(2)19(10(12)3)11-5-6-11/h7,11H,4-6,8H2,1-3H3. The third kappa shape index (κ3) is 3.06. The zero-order chi connectivity index (χ0) is 16.6. The van der Waals surface area contributed by atoms with Crippen molar-refractivity contribution in [2.45, 2.75) is 46.1 Å². The van der Waals surface area contributed by atoms with Crippen LogP contribution in [0.1, 0.15) is 62.9 Å². The van der Waals surface area contributed by atoms with E-state index in [0.29, 0.717) is 28.6 Å². The first-order valence-electron chi connectivity index (χ1n) is 7.72. The van der Waals surface area contributed by atoms with Gasteiger partial charge in [-0.25, -0.2) is 4.79 Å². The summed E-state index contributed by atoms with van der Waals surface area (Å²) < 4.78 is 11.1. The molecule has 0 bridgehead atoms. The first-order chi connectivity index (χ1) is 11.0. The zero-order valence-corrected chi connectivity index (χ0v) is 14.3. The van der Waals surface area contributed by atoms with Crippen molar-refractivity contribution < 1.29 is 14.3 Å². The molecule has 7 heteroatoms. The fraction of sp³-hybridized carbons (Fsp3) is 0.500. The van der Waals surface area contributed by atoms with E-state index in [1.807, 2.05) is 26.8 Å². The van der Waals surface area contributed by atoms with Gasteiger partial charge >= 0.3 is 5.97 Å². The molecule has 122 valence electrons. The highest BCUT2D eigenvalue weighted by atomic mass is 32.1. The van der Waals surface area contributed by atoms with E-state index in [1.165, 1.54) is 0 Å². The summed E-state index contributed by atoms with van der Waals surface area (Å²) in [5.41, 5.74) is 3.29. The van der Waals surface area contributed by atoms with Crippen LogP contribution < -0.4 is 0 Å². The number of esters is 1. The van der Waals surface area contributed by atoms with Crippen LogP contribution in [0.4, 0.5) is 0 Å². The van der Waals surface area contributed by atoms with Crippen molar-refractivity contribution in [3.8, 4) is 0 Å². The number of carbonyl (C=O) groups is 2. The molecular formula is C16H19N3O3S. The SMILES string of the molecule is CCc1nnsc1C(=O)OCC(=O)c1cc(C)n(C2CC2)c1C. The Kier molecular flexibility index (Phi) is 4.30. The van der Waals surface area contributed by atoms with Gasteiger partial charge < -0.3 is 9.30 Å². The first-order valence-corrected chi connectivity index (χ1v) is 8.50. The maximum atomic E-state index is 12.4. The van der Waals surface area contributed by atoms with Gasteiger partial charge in [-0.2, -0.15) is 0 Å². The number of ether oxygens (including phenoxy) is 1. The summed E-state index contributed by atoms with van der Waals surface area (Å²) in [6, 6.07) is 2.41. The van der Waals surface area contributed by atoms with Gasteiger partial charge in [0.2, 0.25) is 5.78 Å². The van der Waals surface area contributed by atoms with E-state index in [4.69, 9.17) is 4.74 Å². The molecule has 0 unspecified atom stereocenters. The summed E-state index contributed by atoms with van der Waals surface area (Å²) >= 11 is 1.00. The molecule has 6 nitrogen and oxygen atoms in total. The number of carbonyl (C=O) groups excluding carboxylic acids is 2. The topological polar surface area (TPSA) is 74.1 Å². The third-order valence-electron chi connectivity index (χ3n) is 4.11. The lowest BCUT2D eigenvalue weighted by molar-refractivity contribution is 0.0478. The number of aromatic nitrogens is 3. The lowest BCUT2D eigenvalue weighted by Gasteiger charge is -2.07. The molecule has 0 saturated heterocycles. The first kappa shape index (κ1) is 15.9. The Morgan fingerprint density at radius 1 is 1.39 bits per heavy atom. The summed E-state index contributed by atoms with van der Waals surface area (Å²) in [5, 5.41) is 3.88. The average Bonchev–Trinajstić information content (AvgIpc) is 3.16. The molecule has 1 saturated carbocycles. The Morgan fingerprint density at radius 2 is 2.13 bits per heavy atom. The van der Waals surface area contributed by atoms with Gasteiger partial charge in [0, 0.05) is 23.0 Å². The highest BCUT2D eigenvalue weighted by molar-refractivity contribution is 7.07. The Labute approximate surface area is 138 Å². The molecule has 1 aliphatic carbocycles. The van der Waals surface area contributed by atoms with Crippen LogP contribution in [0.25, 0.3) is 0 Å². The van der Waals surface area contributed by atoms with Crippen molar-refractivity contribution in [2.24, 2.45) is 0 Å². The van der Waals surface area contributed by atoms with E-state index in [9.17, 15) is 9.59 Å². The largest absolute Gasteiger partial charge is 0.453 e. The lowest BCUT2D eigenvalue weighted by atomic mass is 10.1. The molecule has 2 aromatic rings. The maximum Gasteiger partial charge on any atom is 0.352 e. The average molecular weight is 333 g/mol. The van der Waals surface area contributed by atoms with Crippen LogP contribution in [0.15, 0.2) is 6.07 Å². The summed E-state index contributed by atoms with van der Waals surface area (Å²) in [6.07, 6.45) is 2.94. The zero-order valence-electron chi connectivity index (χ0n) is 13.5. The Hall–Kier alpha value is -2.02. The van der Waals surface area contributed by atoms with Crippen LogP contribution >= 0.6 is 11.5 Å². The predicted molar refractivity (Wildman–Crippen MR) is 86.1 cm³/mol. The van der Waals surface area contributed by atoms with Gasteiger partial charge in [-0.1, -0.05) is 11.4 Å². The minimum absolute atomic E-state index is 0.172. The summed E-state index contributed by atoms with van der Waals surface area (Å²) in [4.78, 5) is 24.8. The smallest absolute Gasteiger partial charge is 0.352 e. The second kappa shape index (κ2) is 6.23. The van der Waals surface area contributed by atoms with Crippen LogP contribution in [0, 0.1) is 13.8 Å². The number of rotatable bonds is 6. The quantitative estimate of drug-likeness (QED) is 0.600. The van der Waals surface area contributed by atoms with Gasteiger partial charge in [0.1, 0.15) is 0 Å². The fourth-order valence-electron chi connectivity index (χ4n) is 2.82. The molecule has 3 rings (SSSR count). The second-order valence-electron chi connectivity index (χ2n) is 5.79. The van der Waals surface area contributed by atoms with Crippen molar-refractivity contribution >= 4 is 23.3 Å². The predicted octanol–water partition coefficient (Wildman–Crippen LogP) is 2.89. The van der Waals surface area contributed by atoms with Crippen LogP contribution in [-0.2, 0) is 11.2 Å². The normalized spacial score (nSPS) is 14.0. The molecule has 0 aromatic carbocycles. The van der Waals surface area contributed by atoms with E-state index < -0.39 is 5.97 Å². The van der Waals surface area contributed by atoms with Gasteiger partial charge in [0.25, 0.3) is 0 Å². The fourth-order valence-corrected chi connectivity index (χ4v) is 3.47. The minimum atomic E-state index is -0.527. The maximum absolute atomic E-state index is 12.4. The number of hydrogen-bond donors (Lipinski definition) is 0. The van der Waals surface area contributed by atoms with E-state index in [0.717, 1.165) is 35.8 Å². The van der Waals surface area contributed by atoms with Gasteiger partial charge in [0.15, 0.2) is 11.5 Å². The number of Topliss-reactive ketones (excluding diaryl/α,β-unsaturated/α-hetero) is 1. The van der Waals surface area contributed by atoms with Crippen molar-refractivity contribution in [3.05, 3.63) is 33.6 Å². The highest BCUT2D eigenvalue weighted by Crippen LogP contribution is 2.38. The van der Waals surface area contributed by atoms with Crippen LogP contribution in [0.3, 0.4) is 0 Å². The molecule has 0 amide bonds. The lowest BCUT2D eigenvalue weighted by Crippen LogP contribution is -2.15. The molecule has 0 N–H and O–H groups in total. The van der Waals surface area contributed by atoms with E-state index >= 15 is 0 Å². The molecule has 1 fully saturated rings. The molecule has 23 heavy (non-hydrogen) atoms. The van der Waals surface area contributed by atoms with E-state index in [1.54, 1.807) is 0 Å². The van der Waals surface area contributed by atoms with E-state index in [2.05, 4.69) is 14.2 Å². The van der Waals surface area contributed by atoms with Crippen molar-refractivity contribution in [2.75, 3.05) is 6.61 Å². The van der Waals surface area contributed by atoms with Gasteiger partial charge in [0.05, 0.1) is 5.69 Å². The number of aryl methyl sites for hydroxylation is 2. The monoisotopic (exact) mass is 333 g/mol. The molecule has 2 heterocycles. The Bertz CT molecular complexity index is 759. The molecule has 0 atom stereocenters. The second-order valence-corrected chi connectivity index (χ2v) is 6.54. The van der Waals surface area contributed by atoms with Gasteiger partial charge in [-0.05, 0) is 50.7 Å². The van der Waals surface area contributed by atoms with Gasteiger partial charge in [-0.15, -0.1) is 5.10 Å². The summed E-state index contributed by atoms with van der Waals surface area (Å²) in [7, 11) is 0. The third-order valence-corrected chi connectivity index (χ3v) is 4.86.